The van der Waals surface area contributed by atoms with Crippen LogP contribution in [0.4, 0.5) is 0 Å². The van der Waals surface area contributed by atoms with Crippen molar-refractivity contribution < 1.29 is 14.3 Å². The molecule has 2 N–H and O–H groups in total. The van der Waals surface area contributed by atoms with E-state index >= 15 is 0 Å². The lowest BCUT2D eigenvalue weighted by Gasteiger charge is -2.14. The average Bonchev–Trinajstić information content (AvgIpc) is 2.75. The van der Waals surface area contributed by atoms with Crippen molar-refractivity contribution in [3.05, 3.63) is 34.8 Å². The Labute approximate surface area is 122 Å². The molecule has 21 heavy (non-hydrogen) atoms. The van der Waals surface area contributed by atoms with Crippen LogP contribution < -0.4 is 11.1 Å². The molecule has 0 aliphatic carbocycles. The zero-order valence-corrected chi connectivity index (χ0v) is 12.2. The fourth-order valence-electron chi connectivity index (χ4n) is 2.06. The maximum absolute atomic E-state index is 11.9. The van der Waals surface area contributed by atoms with Gasteiger partial charge in [-0.2, -0.15) is 0 Å². The molecule has 1 atom stereocenters. The van der Waals surface area contributed by atoms with E-state index in [2.05, 4.69) is 5.32 Å². The van der Waals surface area contributed by atoms with Crippen molar-refractivity contribution >= 4 is 17.0 Å². The molecule has 1 heterocycles. The van der Waals surface area contributed by atoms with Crippen LogP contribution in [-0.4, -0.2) is 28.2 Å². The molecule has 1 amide bonds. The number of carbonyl (C=O) groups excluding carboxylic acids is 1. The normalized spacial score (nSPS) is 12.8. The van der Waals surface area contributed by atoms with Crippen molar-refractivity contribution in [1.82, 2.24) is 9.88 Å². The molecule has 0 saturated carbocycles. The number of fused-ring (bicyclic) bond motifs is 1. The second-order valence-corrected chi connectivity index (χ2v) is 5.37. The number of oxazole rings is 1. The highest BCUT2D eigenvalue weighted by atomic mass is 16.4. The highest BCUT2D eigenvalue weighted by Crippen LogP contribution is 2.11. The number of aliphatic hydroxyl groups is 1. The minimum absolute atomic E-state index is 0.0897. The quantitative estimate of drug-likeness (QED) is 0.835. The number of carbonyl (C=O) groups is 1. The molecule has 0 bridgehead atoms. The van der Waals surface area contributed by atoms with Crippen molar-refractivity contribution in [2.75, 3.05) is 6.54 Å². The molecule has 0 spiro atoms. The Hall–Kier alpha value is -2.08. The molecular formula is C15H20N2O4. The third-order valence-corrected chi connectivity index (χ3v) is 3.41. The summed E-state index contributed by atoms with van der Waals surface area (Å²) in [7, 11) is 0. The molecule has 1 unspecified atom stereocenters. The molecular weight excluding hydrogens is 272 g/mol. The number of hydrogen-bond donors (Lipinski definition) is 2. The smallest absolute Gasteiger partial charge is 0.408 e. The van der Waals surface area contributed by atoms with Crippen LogP contribution in [0.15, 0.2) is 33.5 Å². The Morgan fingerprint density at radius 2 is 2.10 bits per heavy atom. The summed E-state index contributed by atoms with van der Waals surface area (Å²) in [6, 6.07) is 6.97. The van der Waals surface area contributed by atoms with Crippen molar-refractivity contribution in [2.24, 2.45) is 5.92 Å². The van der Waals surface area contributed by atoms with Gasteiger partial charge < -0.3 is 14.8 Å². The van der Waals surface area contributed by atoms with Gasteiger partial charge in [-0.05, 0) is 24.5 Å². The molecule has 0 saturated heterocycles. The largest absolute Gasteiger partial charge is 0.420 e. The molecule has 6 nitrogen and oxygen atoms in total. The molecule has 2 rings (SSSR count). The van der Waals surface area contributed by atoms with Gasteiger partial charge in [0.2, 0.25) is 5.91 Å². The summed E-state index contributed by atoms with van der Waals surface area (Å²) < 4.78 is 6.36. The first-order valence-electron chi connectivity index (χ1n) is 7.02. The third-order valence-electron chi connectivity index (χ3n) is 3.41. The first-order valence-corrected chi connectivity index (χ1v) is 7.02. The number of nitrogens with zero attached hydrogens (tertiary/aromatic N) is 1. The van der Waals surface area contributed by atoms with E-state index in [0.717, 1.165) is 0 Å². The van der Waals surface area contributed by atoms with Gasteiger partial charge in [0.15, 0.2) is 5.58 Å². The monoisotopic (exact) mass is 292 g/mol. The van der Waals surface area contributed by atoms with Crippen LogP contribution in [-0.2, 0) is 11.3 Å². The van der Waals surface area contributed by atoms with Crippen LogP contribution in [0.2, 0.25) is 0 Å². The van der Waals surface area contributed by atoms with Crippen LogP contribution in [0.25, 0.3) is 11.1 Å². The highest BCUT2D eigenvalue weighted by Gasteiger charge is 2.13. The summed E-state index contributed by atoms with van der Waals surface area (Å²) in [5.74, 6) is -0.671. The predicted molar refractivity (Wildman–Crippen MR) is 78.9 cm³/mol. The molecule has 6 heteroatoms. The Morgan fingerprint density at radius 1 is 1.38 bits per heavy atom. The van der Waals surface area contributed by atoms with Crippen molar-refractivity contribution in [3.8, 4) is 0 Å². The molecule has 1 aromatic carbocycles. The number of benzene rings is 1. The lowest BCUT2D eigenvalue weighted by molar-refractivity contribution is -0.121. The fraction of sp³-hybridized carbons (Fsp3) is 0.467. The summed E-state index contributed by atoms with van der Waals surface area (Å²) in [5, 5.41) is 12.4. The van der Waals surface area contributed by atoms with E-state index in [1.165, 1.54) is 4.57 Å². The van der Waals surface area contributed by atoms with Crippen molar-refractivity contribution in [1.29, 1.82) is 0 Å². The number of aliphatic hydroxyl groups excluding tert-OH is 1. The number of rotatable bonds is 6. The van der Waals surface area contributed by atoms with Gasteiger partial charge in [0.25, 0.3) is 0 Å². The van der Waals surface area contributed by atoms with Gasteiger partial charge in [-0.25, -0.2) is 4.79 Å². The Morgan fingerprint density at radius 3 is 2.81 bits per heavy atom. The fourth-order valence-corrected chi connectivity index (χ4v) is 2.06. The number of para-hydroxylation sites is 2. The van der Waals surface area contributed by atoms with E-state index in [4.69, 9.17) is 4.42 Å². The average molecular weight is 292 g/mol. The topological polar surface area (TPSA) is 84.5 Å². The third kappa shape index (κ3) is 3.72. The Bertz CT molecular complexity index is 672. The lowest BCUT2D eigenvalue weighted by Crippen LogP contribution is -2.33. The molecule has 0 aliphatic rings. The molecule has 2 aromatic rings. The van der Waals surface area contributed by atoms with Crippen molar-refractivity contribution in [3.63, 3.8) is 0 Å². The van der Waals surface area contributed by atoms with Gasteiger partial charge in [0.05, 0.1) is 11.6 Å². The summed E-state index contributed by atoms with van der Waals surface area (Å²) in [6.45, 7) is 4.13. The molecule has 0 aliphatic heterocycles. The van der Waals surface area contributed by atoms with Crippen LogP contribution in [0.5, 0.6) is 0 Å². The van der Waals surface area contributed by atoms with Gasteiger partial charge in [-0.1, -0.05) is 26.0 Å². The summed E-state index contributed by atoms with van der Waals surface area (Å²) in [4.78, 5) is 23.6. The lowest BCUT2D eigenvalue weighted by atomic mass is 10.0. The zero-order chi connectivity index (χ0) is 15.4. The molecule has 0 fully saturated rings. The number of hydrogen-bond acceptors (Lipinski definition) is 4. The van der Waals surface area contributed by atoms with Crippen LogP contribution >= 0.6 is 0 Å². The van der Waals surface area contributed by atoms with E-state index in [-0.39, 0.29) is 18.4 Å². The van der Waals surface area contributed by atoms with E-state index in [1.807, 2.05) is 13.8 Å². The second kappa shape index (κ2) is 6.58. The van der Waals surface area contributed by atoms with Gasteiger partial charge in [-0.15, -0.1) is 0 Å². The first-order chi connectivity index (χ1) is 9.99. The SMILES string of the molecule is CC(C)C(O)CCNC(=O)Cn1c(=O)oc2ccccc21. The maximum Gasteiger partial charge on any atom is 0.420 e. The van der Waals surface area contributed by atoms with Gasteiger partial charge in [-0.3, -0.25) is 9.36 Å². The van der Waals surface area contributed by atoms with Gasteiger partial charge in [0.1, 0.15) is 6.54 Å². The number of amides is 1. The summed E-state index contributed by atoms with van der Waals surface area (Å²) >= 11 is 0. The molecule has 0 radical (unpaired) electrons. The summed E-state index contributed by atoms with van der Waals surface area (Å²) in [6.07, 6.45) is 0.0486. The second-order valence-electron chi connectivity index (χ2n) is 5.37. The minimum atomic E-state index is -0.548. The van der Waals surface area contributed by atoms with E-state index in [9.17, 15) is 14.7 Å². The predicted octanol–water partition coefficient (Wildman–Crippen LogP) is 1.12. The zero-order valence-electron chi connectivity index (χ0n) is 12.2. The standard InChI is InChI=1S/C15H20N2O4/c1-10(2)12(18)7-8-16-14(19)9-17-11-5-3-4-6-13(11)21-15(17)20/h3-6,10,12,18H,7-9H2,1-2H3,(H,16,19). The highest BCUT2D eigenvalue weighted by molar-refractivity contribution is 5.79. The molecule has 114 valence electrons. The van der Waals surface area contributed by atoms with Crippen LogP contribution in [0.1, 0.15) is 20.3 Å². The maximum atomic E-state index is 11.9. The van der Waals surface area contributed by atoms with Crippen LogP contribution in [0, 0.1) is 5.92 Å². The van der Waals surface area contributed by atoms with Crippen LogP contribution in [0.3, 0.4) is 0 Å². The minimum Gasteiger partial charge on any atom is -0.408 e. The molecule has 1 aromatic heterocycles. The van der Waals surface area contributed by atoms with E-state index < -0.39 is 11.9 Å². The summed E-state index contributed by atoms with van der Waals surface area (Å²) in [5.41, 5.74) is 1.06. The van der Waals surface area contributed by atoms with Gasteiger partial charge >= 0.3 is 5.76 Å². The van der Waals surface area contributed by atoms with E-state index in [1.54, 1.807) is 24.3 Å². The Kier molecular flexibility index (Phi) is 4.80. The van der Waals surface area contributed by atoms with E-state index in [0.29, 0.717) is 24.1 Å². The van der Waals surface area contributed by atoms with Gasteiger partial charge in [0, 0.05) is 6.54 Å². The first kappa shape index (κ1) is 15.3. The van der Waals surface area contributed by atoms with Crippen molar-refractivity contribution in [2.45, 2.75) is 32.9 Å². The Balaban J connectivity index is 1.96. The number of aromatic nitrogens is 1. The number of nitrogens with one attached hydrogen (secondary N) is 1.